The van der Waals surface area contributed by atoms with E-state index in [0.717, 1.165) is 6.42 Å². The molecule has 0 aliphatic heterocycles. The maximum Gasteiger partial charge on any atom is 0.0740 e. The van der Waals surface area contributed by atoms with Gasteiger partial charge in [-0.1, -0.05) is 53.2 Å². The first-order valence-electron chi connectivity index (χ1n) is 5.08. The number of alkyl halides is 1. The van der Waals surface area contributed by atoms with Gasteiger partial charge in [-0.15, -0.1) is 11.3 Å². The standard InChI is InChI=1S/C13H13BrS/c1-2-10-8-9-15-13(10)12(14)11-6-4-3-5-7-11/h3-9,12H,2H2,1H3. The average Bonchev–Trinajstić information content (AvgIpc) is 2.77. The largest absolute Gasteiger partial charge is 0.147 e. The molecule has 2 heteroatoms. The van der Waals surface area contributed by atoms with Gasteiger partial charge < -0.3 is 0 Å². The second kappa shape index (κ2) is 4.95. The molecule has 0 aliphatic rings. The molecule has 0 aliphatic carbocycles. The Bertz CT molecular complexity index is 419. The predicted molar refractivity (Wildman–Crippen MR) is 70.9 cm³/mol. The van der Waals surface area contributed by atoms with Crippen LogP contribution in [0.15, 0.2) is 41.8 Å². The van der Waals surface area contributed by atoms with Gasteiger partial charge in [-0.2, -0.15) is 0 Å². The molecule has 1 atom stereocenters. The van der Waals surface area contributed by atoms with E-state index in [1.807, 2.05) is 11.3 Å². The van der Waals surface area contributed by atoms with Crippen molar-refractivity contribution in [3.8, 4) is 0 Å². The van der Waals surface area contributed by atoms with Crippen molar-refractivity contribution in [2.24, 2.45) is 0 Å². The Morgan fingerprint density at radius 2 is 1.93 bits per heavy atom. The lowest BCUT2D eigenvalue weighted by Crippen LogP contribution is -1.92. The highest BCUT2D eigenvalue weighted by atomic mass is 79.9. The molecule has 0 spiro atoms. The summed E-state index contributed by atoms with van der Waals surface area (Å²) in [4.78, 5) is 1.78. The summed E-state index contributed by atoms with van der Waals surface area (Å²) in [6.45, 7) is 2.20. The van der Waals surface area contributed by atoms with E-state index in [9.17, 15) is 0 Å². The van der Waals surface area contributed by atoms with Gasteiger partial charge in [0, 0.05) is 4.88 Å². The van der Waals surface area contributed by atoms with Crippen LogP contribution in [0.25, 0.3) is 0 Å². The van der Waals surface area contributed by atoms with E-state index >= 15 is 0 Å². The molecule has 0 saturated heterocycles. The Kier molecular flexibility index (Phi) is 3.60. The maximum absolute atomic E-state index is 3.78. The monoisotopic (exact) mass is 280 g/mol. The lowest BCUT2D eigenvalue weighted by Gasteiger charge is -2.10. The number of aryl methyl sites for hydroxylation is 1. The van der Waals surface area contributed by atoms with Gasteiger partial charge in [0.2, 0.25) is 0 Å². The number of thiophene rings is 1. The second-order valence-electron chi connectivity index (χ2n) is 3.44. The van der Waals surface area contributed by atoms with Gasteiger partial charge in [0.05, 0.1) is 4.83 Å². The summed E-state index contributed by atoms with van der Waals surface area (Å²) in [7, 11) is 0. The van der Waals surface area contributed by atoms with Crippen molar-refractivity contribution >= 4 is 27.3 Å². The van der Waals surface area contributed by atoms with Gasteiger partial charge in [0.25, 0.3) is 0 Å². The molecule has 1 aromatic carbocycles. The zero-order valence-electron chi connectivity index (χ0n) is 8.61. The van der Waals surface area contributed by atoms with Crippen molar-refractivity contribution < 1.29 is 0 Å². The van der Waals surface area contributed by atoms with E-state index in [4.69, 9.17) is 0 Å². The first-order chi connectivity index (χ1) is 7.33. The van der Waals surface area contributed by atoms with Gasteiger partial charge in [0.1, 0.15) is 0 Å². The molecule has 1 aromatic heterocycles. The Balaban J connectivity index is 2.32. The normalized spacial score (nSPS) is 12.7. The number of benzene rings is 1. The van der Waals surface area contributed by atoms with Crippen molar-refractivity contribution in [3.05, 3.63) is 57.8 Å². The maximum atomic E-state index is 3.78. The summed E-state index contributed by atoms with van der Waals surface area (Å²) >= 11 is 5.61. The van der Waals surface area contributed by atoms with Crippen LogP contribution in [0, 0.1) is 0 Å². The molecule has 2 rings (SSSR count). The molecule has 0 fully saturated rings. The fraction of sp³-hybridized carbons (Fsp3) is 0.231. The van der Waals surface area contributed by atoms with Crippen LogP contribution >= 0.6 is 27.3 Å². The van der Waals surface area contributed by atoms with E-state index in [1.165, 1.54) is 16.0 Å². The number of rotatable bonds is 3. The zero-order valence-corrected chi connectivity index (χ0v) is 11.0. The molecule has 1 unspecified atom stereocenters. The summed E-state index contributed by atoms with van der Waals surface area (Å²) in [6, 6.07) is 12.8. The smallest absolute Gasteiger partial charge is 0.0740 e. The number of hydrogen-bond acceptors (Lipinski definition) is 1. The third-order valence-electron chi connectivity index (χ3n) is 2.48. The Morgan fingerprint density at radius 3 is 2.60 bits per heavy atom. The summed E-state index contributed by atoms with van der Waals surface area (Å²) in [6.07, 6.45) is 1.10. The molecule has 1 heterocycles. The third kappa shape index (κ3) is 2.32. The molecular formula is C13H13BrS. The lowest BCUT2D eigenvalue weighted by atomic mass is 10.1. The molecule has 0 nitrogen and oxygen atoms in total. The van der Waals surface area contributed by atoms with Crippen LogP contribution in [-0.4, -0.2) is 0 Å². The van der Waals surface area contributed by atoms with Crippen LogP contribution in [-0.2, 0) is 6.42 Å². The molecule has 0 N–H and O–H groups in total. The fourth-order valence-electron chi connectivity index (χ4n) is 1.64. The van der Waals surface area contributed by atoms with Gasteiger partial charge in [0.15, 0.2) is 0 Å². The van der Waals surface area contributed by atoms with Crippen molar-refractivity contribution in [2.45, 2.75) is 18.2 Å². The quantitative estimate of drug-likeness (QED) is 0.709. The van der Waals surface area contributed by atoms with Gasteiger partial charge in [-0.05, 0) is 29.0 Å². The van der Waals surface area contributed by atoms with Crippen molar-refractivity contribution in [1.29, 1.82) is 0 Å². The van der Waals surface area contributed by atoms with E-state index in [0.29, 0.717) is 4.83 Å². The first-order valence-corrected chi connectivity index (χ1v) is 6.87. The lowest BCUT2D eigenvalue weighted by molar-refractivity contribution is 1.09. The van der Waals surface area contributed by atoms with Crippen molar-refractivity contribution in [3.63, 3.8) is 0 Å². The van der Waals surface area contributed by atoms with Crippen molar-refractivity contribution in [2.75, 3.05) is 0 Å². The molecule has 0 saturated carbocycles. The zero-order chi connectivity index (χ0) is 10.7. The number of halogens is 1. The predicted octanol–water partition coefficient (Wildman–Crippen LogP) is 4.79. The molecule has 0 bridgehead atoms. The van der Waals surface area contributed by atoms with Gasteiger partial charge in [-0.25, -0.2) is 0 Å². The van der Waals surface area contributed by atoms with Crippen LogP contribution in [0.5, 0.6) is 0 Å². The Morgan fingerprint density at radius 1 is 1.20 bits per heavy atom. The minimum Gasteiger partial charge on any atom is -0.147 e. The minimum absolute atomic E-state index is 0.341. The minimum atomic E-state index is 0.341. The van der Waals surface area contributed by atoms with Gasteiger partial charge in [-0.3, -0.25) is 0 Å². The third-order valence-corrected chi connectivity index (χ3v) is 4.80. The van der Waals surface area contributed by atoms with E-state index < -0.39 is 0 Å². The van der Waals surface area contributed by atoms with Crippen LogP contribution < -0.4 is 0 Å². The summed E-state index contributed by atoms with van der Waals surface area (Å²) < 4.78 is 0. The highest BCUT2D eigenvalue weighted by Crippen LogP contribution is 2.36. The fourth-order valence-corrected chi connectivity index (χ4v) is 3.56. The highest BCUT2D eigenvalue weighted by Gasteiger charge is 2.14. The Hall–Kier alpha value is -0.600. The van der Waals surface area contributed by atoms with E-state index in [2.05, 4.69) is 64.6 Å². The molecule has 0 radical (unpaired) electrons. The molecule has 2 aromatic rings. The molecule has 0 amide bonds. The topological polar surface area (TPSA) is 0 Å². The number of hydrogen-bond donors (Lipinski definition) is 0. The SMILES string of the molecule is CCc1ccsc1C(Br)c1ccccc1. The highest BCUT2D eigenvalue weighted by molar-refractivity contribution is 9.09. The first kappa shape index (κ1) is 10.9. The van der Waals surface area contributed by atoms with Crippen molar-refractivity contribution in [1.82, 2.24) is 0 Å². The summed E-state index contributed by atoms with van der Waals surface area (Å²) in [5.41, 5.74) is 2.78. The molecule has 78 valence electrons. The van der Waals surface area contributed by atoms with Crippen LogP contribution in [0.4, 0.5) is 0 Å². The molecular weight excluding hydrogens is 268 g/mol. The Labute approximate surface area is 103 Å². The van der Waals surface area contributed by atoms with Crippen LogP contribution in [0.2, 0.25) is 0 Å². The summed E-state index contributed by atoms with van der Waals surface area (Å²) in [5.74, 6) is 0. The summed E-state index contributed by atoms with van der Waals surface area (Å²) in [5, 5.41) is 2.17. The van der Waals surface area contributed by atoms with Gasteiger partial charge >= 0.3 is 0 Å². The molecule has 15 heavy (non-hydrogen) atoms. The average molecular weight is 281 g/mol. The van der Waals surface area contributed by atoms with Crippen LogP contribution in [0.1, 0.15) is 27.8 Å². The second-order valence-corrected chi connectivity index (χ2v) is 5.30. The van der Waals surface area contributed by atoms with Crippen LogP contribution in [0.3, 0.4) is 0 Å². The van der Waals surface area contributed by atoms with E-state index in [1.54, 1.807) is 0 Å². The van der Waals surface area contributed by atoms with E-state index in [-0.39, 0.29) is 0 Å².